The van der Waals surface area contributed by atoms with Crippen LogP contribution in [0.5, 0.6) is 0 Å². The van der Waals surface area contributed by atoms with Crippen molar-refractivity contribution < 1.29 is 22.6 Å². The Balaban J connectivity index is 1.60. The van der Waals surface area contributed by atoms with Crippen LogP contribution in [0.1, 0.15) is 18.9 Å². The smallest absolute Gasteiger partial charge is 0.377 e. The zero-order valence-electron chi connectivity index (χ0n) is 11.3. The Morgan fingerprint density at radius 1 is 1.29 bits per heavy atom. The standard InChI is InChI=1S/C12H17F3N4O2/c13-12(14,15)11-5-8(1-4-21-11)17-9-6-20-7-10(9)19-3-2-16-18-19/h2-3,8-11,17H,1,4-7H2/t8?,9-,10+,11?/m0/s1. The van der Waals surface area contributed by atoms with E-state index in [0.29, 0.717) is 19.6 Å². The molecule has 2 fully saturated rings. The second-order valence-electron chi connectivity index (χ2n) is 5.38. The number of hydrogen-bond acceptors (Lipinski definition) is 5. The quantitative estimate of drug-likeness (QED) is 0.900. The van der Waals surface area contributed by atoms with Crippen LogP contribution in [0, 0.1) is 0 Å². The lowest BCUT2D eigenvalue weighted by molar-refractivity contribution is -0.232. The van der Waals surface area contributed by atoms with Crippen molar-refractivity contribution >= 4 is 0 Å². The van der Waals surface area contributed by atoms with Crippen molar-refractivity contribution in [1.29, 1.82) is 0 Å². The summed E-state index contributed by atoms with van der Waals surface area (Å²) in [5, 5.41) is 11.0. The summed E-state index contributed by atoms with van der Waals surface area (Å²) in [6, 6.07) is -0.341. The van der Waals surface area contributed by atoms with Gasteiger partial charge in [-0.05, 0) is 12.8 Å². The zero-order valence-corrected chi connectivity index (χ0v) is 11.3. The first-order chi connectivity index (χ1) is 10.0. The molecule has 1 N–H and O–H groups in total. The van der Waals surface area contributed by atoms with Crippen LogP contribution in [0.3, 0.4) is 0 Å². The van der Waals surface area contributed by atoms with Crippen molar-refractivity contribution in [2.45, 2.75) is 43.2 Å². The molecule has 0 aliphatic carbocycles. The molecule has 118 valence electrons. The first-order valence-electron chi connectivity index (χ1n) is 6.92. The minimum absolute atomic E-state index is 0.0420. The molecule has 2 saturated heterocycles. The summed E-state index contributed by atoms with van der Waals surface area (Å²) in [5.41, 5.74) is 0. The molecule has 1 aromatic rings. The highest BCUT2D eigenvalue weighted by atomic mass is 19.4. The van der Waals surface area contributed by atoms with Gasteiger partial charge in [0, 0.05) is 18.8 Å². The molecule has 0 bridgehead atoms. The maximum Gasteiger partial charge on any atom is 0.414 e. The largest absolute Gasteiger partial charge is 0.414 e. The fourth-order valence-corrected chi connectivity index (χ4v) is 2.84. The number of alkyl halides is 3. The molecule has 1 aromatic heterocycles. The summed E-state index contributed by atoms with van der Waals surface area (Å²) >= 11 is 0. The van der Waals surface area contributed by atoms with E-state index in [1.54, 1.807) is 17.1 Å². The maximum atomic E-state index is 12.7. The Bertz CT molecular complexity index is 454. The Labute approximate surface area is 119 Å². The molecule has 0 radical (unpaired) electrons. The Morgan fingerprint density at radius 2 is 2.14 bits per heavy atom. The van der Waals surface area contributed by atoms with Gasteiger partial charge in [-0.2, -0.15) is 13.2 Å². The lowest BCUT2D eigenvalue weighted by Crippen LogP contribution is -2.50. The van der Waals surface area contributed by atoms with Gasteiger partial charge in [-0.3, -0.25) is 0 Å². The van der Waals surface area contributed by atoms with Gasteiger partial charge in [0.25, 0.3) is 0 Å². The predicted octanol–water partition coefficient (Wildman–Crippen LogP) is 0.917. The van der Waals surface area contributed by atoms with Gasteiger partial charge in [0.1, 0.15) is 0 Å². The lowest BCUT2D eigenvalue weighted by Gasteiger charge is -2.33. The first kappa shape index (κ1) is 14.7. The van der Waals surface area contributed by atoms with Crippen molar-refractivity contribution in [1.82, 2.24) is 20.3 Å². The third kappa shape index (κ3) is 3.35. The monoisotopic (exact) mass is 306 g/mol. The summed E-state index contributed by atoms with van der Waals surface area (Å²) in [5.74, 6) is 0. The van der Waals surface area contributed by atoms with Crippen molar-refractivity contribution in [3.8, 4) is 0 Å². The molecule has 6 nitrogen and oxygen atoms in total. The van der Waals surface area contributed by atoms with E-state index in [1.807, 2.05) is 0 Å². The molecule has 21 heavy (non-hydrogen) atoms. The third-order valence-corrected chi connectivity index (χ3v) is 3.93. The molecule has 2 unspecified atom stereocenters. The molecule has 0 saturated carbocycles. The molecular formula is C12H17F3N4O2. The minimum Gasteiger partial charge on any atom is -0.377 e. The Hall–Kier alpha value is -1.19. The summed E-state index contributed by atoms with van der Waals surface area (Å²) in [6.07, 6.45) is -2.19. The van der Waals surface area contributed by atoms with Crippen LogP contribution in [-0.2, 0) is 9.47 Å². The number of nitrogens with zero attached hydrogens (tertiary/aromatic N) is 3. The van der Waals surface area contributed by atoms with Crippen molar-refractivity contribution in [3.05, 3.63) is 12.4 Å². The third-order valence-electron chi connectivity index (χ3n) is 3.93. The summed E-state index contributed by atoms with van der Waals surface area (Å²) in [4.78, 5) is 0. The van der Waals surface area contributed by atoms with Crippen LogP contribution in [0.15, 0.2) is 12.4 Å². The molecule has 0 spiro atoms. The van der Waals surface area contributed by atoms with Gasteiger partial charge in [-0.1, -0.05) is 5.21 Å². The van der Waals surface area contributed by atoms with E-state index in [1.165, 1.54) is 0 Å². The summed E-state index contributed by atoms with van der Waals surface area (Å²) < 4.78 is 50.1. The van der Waals surface area contributed by atoms with Gasteiger partial charge in [-0.25, -0.2) is 4.68 Å². The Kier molecular flexibility index (Phi) is 4.14. The highest BCUT2D eigenvalue weighted by Gasteiger charge is 2.44. The minimum atomic E-state index is -4.31. The van der Waals surface area contributed by atoms with Gasteiger partial charge in [0.2, 0.25) is 0 Å². The summed E-state index contributed by atoms with van der Waals surface area (Å²) in [7, 11) is 0. The van der Waals surface area contributed by atoms with E-state index in [4.69, 9.17) is 9.47 Å². The predicted molar refractivity (Wildman–Crippen MR) is 65.6 cm³/mol. The SMILES string of the molecule is FC(F)(F)C1CC(N[C@H]2COC[C@H]2n2ccnn2)CCO1. The van der Waals surface area contributed by atoms with Crippen molar-refractivity contribution in [2.24, 2.45) is 0 Å². The molecule has 3 rings (SSSR count). The molecule has 2 aliphatic heterocycles. The van der Waals surface area contributed by atoms with E-state index in [9.17, 15) is 13.2 Å². The number of nitrogens with one attached hydrogen (secondary N) is 1. The molecule has 0 amide bonds. The van der Waals surface area contributed by atoms with E-state index < -0.39 is 12.3 Å². The average molecular weight is 306 g/mol. The average Bonchev–Trinajstić information content (AvgIpc) is 3.08. The van der Waals surface area contributed by atoms with Crippen LogP contribution in [0.2, 0.25) is 0 Å². The van der Waals surface area contributed by atoms with E-state index in [0.717, 1.165) is 0 Å². The van der Waals surface area contributed by atoms with E-state index in [2.05, 4.69) is 15.6 Å². The van der Waals surface area contributed by atoms with Gasteiger partial charge >= 0.3 is 6.18 Å². The second kappa shape index (κ2) is 5.90. The van der Waals surface area contributed by atoms with Gasteiger partial charge in [0.15, 0.2) is 6.10 Å². The topological polar surface area (TPSA) is 61.2 Å². The number of hydrogen-bond donors (Lipinski definition) is 1. The van der Waals surface area contributed by atoms with Crippen LogP contribution in [0.4, 0.5) is 13.2 Å². The van der Waals surface area contributed by atoms with Crippen LogP contribution in [0.25, 0.3) is 0 Å². The number of halogens is 3. The molecule has 9 heteroatoms. The summed E-state index contributed by atoms with van der Waals surface area (Å²) in [6.45, 7) is 1.05. The lowest BCUT2D eigenvalue weighted by atomic mass is 10.0. The second-order valence-corrected chi connectivity index (χ2v) is 5.38. The molecule has 0 aromatic carbocycles. The highest BCUT2D eigenvalue weighted by molar-refractivity contribution is 4.91. The highest BCUT2D eigenvalue weighted by Crippen LogP contribution is 2.30. The number of ether oxygens (including phenoxy) is 2. The maximum absolute atomic E-state index is 12.7. The van der Waals surface area contributed by atoms with Crippen molar-refractivity contribution in [2.75, 3.05) is 19.8 Å². The molecule has 3 heterocycles. The van der Waals surface area contributed by atoms with Crippen LogP contribution >= 0.6 is 0 Å². The fraction of sp³-hybridized carbons (Fsp3) is 0.833. The number of aromatic nitrogens is 3. The van der Waals surface area contributed by atoms with Crippen LogP contribution < -0.4 is 5.32 Å². The fourth-order valence-electron chi connectivity index (χ4n) is 2.84. The van der Waals surface area contributed by atoms with Gasteiger partial charge < -0.3 is 14.8 Å². The normalized spacial score (nSPS) is 34.2. The number of rotatable bonds is 3. The molecule has 4 atom stereocenters. The van der Waals surface area contributed by atoms with Crippen molar-refractivity contribution in [3.63, 3.8) is 0 Å². The van der Waals surface area contributed by atoms with Crippen LogP contribution in [-0.4, -0.2) is 59.2 Å². The molecular weight excluding hydrogens is 289 g/mol. The molecule has 2 aliphatic rings. The van der Waals surface area contributed by atoms with Gasteiger partial charge in [0.05, 0.1) is 31.5 Å². The first-order valence-corrected chi connectivity index (χ1v) is 6.92. The van der Waals surface area contributed by atoms with Gasteiger partial charge in [-0.15, -0.1) is 5.10 Å². The Morgan fingerprint density at radius 3 is 2.86 bits per heavy atom. The van der Waals surface area contributed by atoms with E-state index >= 15 is 0 Å². The zero-order chi connectivity index (χ0) is 14.9. The van der Waals surface area contributed by atoms with E-state index in [-0.39, 0.29) is 31.2 Å².